The van der Waals surface area contributed by atoms with Crippen LogP contribution < -0.4 is 0 Å². The van der Waals surface area contributed by atoms with E-state index in [9.17, 15) is 14.4 Å². The Balaban J connectivity index is 4.59. The second-order valence-electron chi connectivity index (χ2n) is 16.7. The number of carbonyl (C=O) groups is 3. The molecule has 0 aliphatic heterocycles. The number of ether oxygens (including phenoxy) is 3. The molecule has 0 heterocycles. The van der Waals surface area contributed by atoms with Gasteiger partial charge in [0.25, 0.3) is 0 Å². The molecule has 0 fully saturated rings. The highest BCUT2D eigenvalue weighted by Crippen LogP contribution is 2.11. The minimum Gasteiger partial charge on any atom is -0.462 e. The van der Waals surface area contributed by atoms with Gasteiger partial charge in [0, 0.05) is 19.3 Å². The van der Waals surface area contributed by atoms with E-state index >= 15 is 0 Å². The Labute approximate surface area is 393 Å². The first kappa shape index (κ1) is 60.1. The topological polar surface area (TPSA) is 78.9 Å². The smallest absolute Gasteiger partial charge is 0.306 e. The fraction of sp³-hybridized carbons (Fsp3) is 0.638. The fourth-order valence-electron chi connectivity index (χ4n) is 6.62. The summed E-state index contributed by atoms with van der Waals surface area (Å²) in [5.74, 6) is -1.09. The summed E-state index contributed by atoms with van der Waals surface area (Å²) >= 11 is 0. The molecule has 0 N–H and O–H groups in total. The van der Waals surface area contributed by atoms with Crippen molar-refractivity contribution in [1.82, 2.24) is 0 Å². The second kappa shape index (κ2) is 51.7. The number of unbranched alkanes of at least 4 members (excludes halogenated alkanes) is 16. The molecule has 0 aromatic heterocycles. The summed E-state index contributed by atoms with van der Waals surface area (Å²) in [5.41, 5.74) is 0. The highest BCUT2D eigenvalue weighted by molar-refractivity contribution is 5.71. The maximum atomic E-state index is 12.8. The molecule has 0 saturated carbocycles. The number of allylic oxidation sites excluding steroid dienone is 18. The van der Waals surface area contributed by atoms with Crippen molar-refractivity contribution in [1.29, 1.82) is 0 Å². The van der Waals surface area contributed by atoms with Gasteiger partial charge in [0.2, 0.25) is 0 Å². The quantitative estimate of drug-likeness (QED) is 0.0262. The lowest BCUT2D eigenvalue weighted by molar-refractivity contribution is -0.166. The van der Waals surface area contributed by atoms with Crippen LogP contribution in [-0.2, 0) is 28.6 Å². The average Bonchev–Trinajstić information content (AvgIpc) is 3.29. The number of esters is 3. The van der Waals surface area contributed by atoms with Crippen LogP contribution in [0, 0.1) is 0 Å². The molecule has 0 amide bonds. The SMILES string of the molecule is CC/C=C\C/C=C\C/C=C\C/C=C\CCCCCC(=O)OC(COC(=O)CC/C=C\C/C=C\CCCCCCCC)COC(=O)CCC/C=C\C/C=C\C/C=C\CCCCCCCC. The van der Waals surface area contributed by atoms with Crippen molar-refractivity contribution in [3.05, 3.63) is 109 Å². The number of rotatable bonds is 45. The summed E-state index contributed by atoms with van der Waals surface area (Å²) in [6, 6.07) is 0. The molecule has 0 saturated heterocycles. The van der Waals surface area contributed by atoms with Crippen molar-refractivity contribution in [3.63, 3.8) is 0 Å². The van der Waals surface area contributed by atoms with E-state index in [0.717, 1.165) is 77.0 Å². The Hall–Kier alpha value is -3.93. The molecule has 0 aromatic carbocycles. The molecule has 0 rings (SSSR count). The van der Waals surface area contributed by atoms with Gasteiger partial charge in [-0.25, -0.2) is 0 Å². The maximum absolute atomic E-state index is 12.8. The number of hydrogen-bond donors (Lipinski definition) is 0. The van der Waals surface area contributed by atoms with Gasteiger partial charge >= 0.3 is 17.9 Å². The third-order valence-electron chi connectivity index (χ3n) is 10.5. The minimum absolute atomic E-state index is 0.136. The van der Waals surface area contributed by atoms with Crippen molar-refractivity contribution in [2.75, 3.05) is 13.2 Å². The van der Waals surface area contributed by atoms with Crippen LogP contribution in [0.1, 0.15) is 220 Å². The van der Waals surface area contributed by atoms with Crippen LogP contribution in [0.2, 0.25) is 0 Å². The maximum Gasteiger partial charge on any atom is 0.306 e. The van der Waals surface area contributed by atoms with Gasteiger partial charge in [-0.05, 0) is 109 Å². The van der Waals surface area contributed by atoms with Crippen LogP contribution in [-0.4, -0.2) is 37.2 Å². The van der Waals surface area contributed by atoms with Crippen molar-refractivity contribution in [2.24, 2.45) is 0 Å². The first-order chi connectivity index (χ1) is 31.5. The lowest BCUT2D eigenvalue weighted by atomic mass is 10.1. The van der Waals surface area contributed by atoms with Crippen molar-refractivity contribution in [2.45, 2.75) is 226 Å². The largest absolute Gasteiger partial charge is 0.462 e. The van der Waals surface area contributed by atoms with Gasteiger partial charge < -0.3 is 14.2 Å². The Morgan fingerprint density at radius 2 is 0.656 bits per heavy atom. The lowest BCUT2D eigenvalue weighted by Gasteiger charge is -2.18. The number of hydrogen-bond acceptors (Lipinski definition) is 6. The Morgan fingerprint density at radius 3 is 1.09 bits per heavy atom. The molecule has 0 bridgehead atoms. The van der Waals surface area contributed by atoms with Gasteiger partial charge in [-0.15, -0.1) is 0 Å². The predicted octanol–water partition coefficient (Wildman–Crippen LogP) is 17.1. The van der Waals surface area contributed by atoms with E-state index in [1.165, 1.54) is 83.5 Å². The molecule has 1 unspecified atom stereocenters. The van der Waals surface area contributed by atoms with E-state index in [0.29, 0.717) is 19.3 Å². The van der Waals surface area contributed by atoms with Crippen LogP contribution in [0.25, 0.3) is 0 Å². The molecule has 1 atom stereocenters. The minimum atomic E-state index is -0.839. The average molecular weight is 887 g/mol. The Kier molecular flexibility index (Phi) is 48.5. The molecule has 64 heavy (non-hydrogen) atoms. The molecule has 6 heteroatoms. The first-order valence-electron chi connectivity index (χ1n) is 25.9. The zero-order chi connectivity index (χ0) is 46.5. The van der Waals surface area contributed by atoms with Crippen LogP contribution in [0.15, 0.2) is 109 Å². The lowest BCUT2D eigenvalue weighted by Crippen LogP contribution is -2.30. The summed E-state index contributed by atoms with van der Waals surface area (Å²) in [5, 5.41) is 0. The van der Waals surface area contributed by atoms with Crippen LogP contribution in [0.3, 0.4) is 0 Å². The molecule has 0 aromatic rings. The highest BCUT2D eigenvalue weighted by atomic mass is 16.6. The Bertz CT molecular complexity index is 1340. The monoisotopic (exact) mass is 887 g/mol. The van der Waals surface area contributed by atoms with E-state index < -0.39 is 6.10 Å². The third kappa shape index (κ3) is 49.1. The van der Waals surface area contributed by atoms with Crippen LogP contribution in [0.5, 0.6) is 0 Å². The van der Waals surface area contributed by atoms with E-state index in [1.54, 1.807) is 0 Å². The zero-order valence-corrected chi connectivity index (χ0v) is 41.3. The first-order valence-corrected chi connectivity index (χ1v) is 25.9. The normalized spacial score (nSPS) is 13.0. The predicted molar refractivity (Wildman–Crippen MR) is 274 cm³/mol. The number of carbonyl (C=O) groups excluding carboxylic acids is 3. The second-order valence-corrected chi connectivity index (χ2v) is 16.7. The summed E-state index contributed by atoms with van der Waals surface area (Å²) in [4.78, 5) is 37.9. The highest BCUT2D eigenvalue weighted by Gasteiger charge is 2.19. The van der Waals surface area contributed by atoms with E-state index in [4.69, 9.17) is 14.2 Å². The zero-order valence-electron chi connectivity index (χ0n) is 41.3. The molecule has 0 spiro atoms. The van der Waals surface area contributed by atoms with Gasteiger partial charge in [0.1, 0.15) is 13.2 Å². The summed E-state index contributed by atoms with van der Waals surface area (Å²) < 4.78 is 16.7. The summed E-state index contributed by atoms with van der Waals surface area (Å²) in [7, 11) is 0. The molecule has 0 radical (unpaired) electrons. The van der Waals surface area contributed by atoms with Crippen molar-refractivity contribution >= 4 is 17.9 Å². The molecule has 6 nitrogen and oxygen atoms in total. The van der Waals surface area contributed by atoms with Crippen molar-refractivity contribution in [3.8, 4) is 0 Å². The van der Waals surface area contributed by atoms with Gasteiger partial charge in [-0.2, -0.15) is 0 Å². The molecule has 0 aliphatic carbocycles. The van der Waals surface area contributed by atoms with Gasteiger partial charge in [-0.3, -0.25) is 14.4 Å². The van der Waals surface area contributed by atoms with Gasteiger partial charge in [-0.1, -0.05) is 201 Å². The van der Waals surface area contributed by atoms with Crippen LogP contribution >= 0.6 is 0 Å². The molecule has 362 valence electrons. The van der Waals surface area contributed by atoms with Crippen molar-refractivity contribution < 1.29 is 28.6 Å². The van der Waals surface area contributed by atoms with E-state index in [2.05, 4.69) is 124 Å². The molecular weight excluding hydrogens is 793 g/mol. The Morgan fingerprint density at radius 1 is 0.328 bits per heavy atom. The van der Waals surface area contributed by atoms with Gasteiger partial charge in [0.15, 0.2) is 6.10 Å². The molecular formula is C58H94O6. The van der Waals surface area contributed by atoms with E-state index in [1.807, 2.05) is 6.08 Å². The summed E-state index contributed by atoms with van der Waals surface area (Å²) in [6.07, 6.45) is 69.5. The summed E-state index contributed by atoms with van der Waals surface area (Å²) in [6.45, 7) is 6.37. The van der Waals surface area contributed by atoms with Crippen LogP contribution in [0.4, 0.5) is 0 Å². The van der Waals surface area contributed by atoms with Gasteiger partial charge in [0.05, 0.1) is 0 Å². The standard InChI is InChI=1S/C58H94O6/c1-4-7-10-13-16-19-22-25-27-29-31-33-36-39-42-45-48-51-57(60)63-54-55(53-62-56(59)50-47-44-41-38-35-32-24-21-18-15-12-9-6-3)64-58(61)52-49-46-43-40-37-34-30-28-26-23-20-17-14-11-8-5-2/h8,11,17,20,25-28,31-35,37,39,41-42,44,55H,4-7,9-10,12-16,18-19,21-24,29-30,36,38,40,43,45-54H2,1-3H3/b11-8-,20-17-,27-25-,28-26-,33-31-,35-32-,37-34-,42-39-,44-41-. The third-order valence-corrected chi connectivity index (χ3v) is 10.5. The molecule has 0 aliphatic rings. The fourth-order valence-corrected chi connectivity index (χ4v) is 6.62. The van der Waals surface area contributed by atoms with E-state index in [-0.39, 0.29) is 50.4 Å².